The van der Waals surface area contributed by atoms with Crippen LogP contribution in [0.2, 0.25) is 0 Å². The highest BCUT2D eigenvalue weighted by atomic mass is 16.5. The fourth-order valence-corrected chi connectivity index (χ4v) is 2.04. The van der Waals surface area contributed by atoms with Gasteiger partial charge in [-0.15, -0.1) is 0 Å². The van der Waals surface area contributed by atoms with E-state index in [0.717, 1.165) is 0 Å². The van der Waals surface area contributed by atoms with Crippen LogP contribution < -0.4 is 10.6 Å². The number of likely N-dealkylation sites (N-methyl/N-ethyl adjacent to an activating group) is 1. The van der Waals surface area contributed by atoms with E-state index in [9.17, 15) is 9.59 Å². The van der Waals surface area contributed by atoms with Gasteiger partial charge in [0.25, 0.3) is 0 Å². The van der Waals surface area contributed by atoms with E-state index >= 15 is 0 Å². The largest absolute Gasteiger partial charge is 0.480 e. The van der Waals surface area contributed by atoms with E-state index in [-0.39, 0.29) is 23.8 Å². The van der Waals surface area contributed by atoms with Gasteiger partial charge in [-0.1, -0.05) is 20.3 Å². The maximum Gasteiger partial charge on any atom is 0.326 e. The number of ether oxygens (including phenoxy) is 1. The molecule has 3 unspecified atom stereocenters. The Morgan fingerprint density at radius 1 is 1.44 bits per heavy atom. The Morgan fingerprint density at radius 3 is 2.61 bits per heavy atom. The molecule has 1 fully saturated rings. The first-order chi connectivity index (χ1) is 8.51. The number of carboxylic acids is 1. The minimum atomic E-state index is -0.988. The number of carboxylic acid groups (broad SMARTS) is 1. The van der Waals surface area contributed by atoms with Gasteiger partial charge in [-0.05, 0) is 13.0 Å². The summed E-state index contributed by atoms with van der Waals surface area (Å²) in [6.07, 6.45) is 0.702. The number of nitrogens with one attached hydrogen (secondary N) is 2. The Kier molecular flexibility index (Phi) is 5.55. The van der Waals surface area contributed by atoms with Crippen LogP contribution >= 0.6 is 0 Å². The first kappa shape index (κ1) is 14.9. The van der Waals surface area contributed by atoms with Gasteiger partial charge >= 0.3 is 5.97 Å². The number of hydrogen-bond acceptors (Lipinski definition) is 4. The molecule has 0 aromatic carbocycles. The topological polar surface area (TPSA) is 87.7 Å². The van der Waals surface area contributed by atoms with E-state index in [1.807, 2.05) is 13.8 Å². The highest BCUT2D eigenvalue weighted by molar-refractivity contribution is 5.85. The molecule has 1 heterocycles. The molecule has 0 spiro atoms. The summed E-state index contributed by atoms with van der Waals surface area (Å²) in [5, 5.41) is 14.8. The molecule has 6 nitrogen and oxygen atoms in total. The Balaban J connectivity index is 2.63. The molecule has 104 valence electrons. The van der Waals surface area contributed by atoms with Crippen molar-refractivity contribution >= 4 is 11.9 Å². The predicted molar refractivity (Wildman–Crippen MR) is 66.2 cm³/mol. The number of carbonyl (C=O) groups excluding carboxylic acids is 1. The molecule has 0 aliphatic carbocycles. The fraction of sp³-hybridized carbons (Fsp3) is 0.833. The van der Waals surface area contributed by atoms with Gasteiger partial charge in [0, 0.05) is 6.04 Å². The van der Waals surface area contributed by atoms with Gasteiger partial charge in [0.15, 0.2) is 0 Å². The standard InChI is InChI=1S/C12H22N2O4/c1-4-7(2)10(12(16)17)14-11(15)8-5-18-6-9(8)13-3/h7-10,13H,4-6H2,1-3H3,(H,14,15)(H,16,17)/t7?,8?,9?,10-/m0/s1. The number of carbonyl (C=O) groups is 2. The summed E-state index contributed by atoms with van der Waals surface area (Å²) in [5.41, 5.74) is 0. The number of aliphatic carboxylic acids is 1. The molecule has 3 N–H and O–H groups in total. The van der Waals surface area contributed by atoms with Crippen molar-refractivity contribution in [3.8, 4) is 0 Å². The molecule has 0 aromatic rings. The van der Waals surface area contributed by atoms with Crippen LogP contribution in [0.1, 0.15) is 20.3 Å². The summed E-state index contributed by atoms with van der Waals surface area (Å²) in [6, 6.07) is -0.878. The highest BCUT2D eigenvalue weighted by Gasteiger charge is 2.35. The second kappa shape index (κ2) is 6.70. The van der Waals surface area contributed by atoms with Gasteiger partial charge < -0.3 is 20.5 Å². The van der Waals surface area contributed by atoms with Crippen molar-refractivity contribution in [2.24, 2.45) is 11.8 Å². The van der Waals surface area contributed by atoms with Crippen molar-refractivity contribution in [3.05, 3.63) is 0 Å². The van der Waals surface area contributed by atoms with Crippen LogP contribution in [0.25, 0.3) is 0 Å². The fourth-order valence-electron chi connectivity index (χ4n) is 2.04. The van der Waals surface area contributed by atoms with Gasteiger partial charge in [-0.25, -0.2) is 4.79 Å². The lowest BCUT2D eigenvalue weighted by Gasteiger charge is -2.23. The molecule has 18 heavy (non-hydrogen) atoms. The van der Waals surface area contributed by atoms with Crippen molar-refractivity contribution in [2.75, 3.05) is 20.3 Å². The average Bonchev–Trinajstić information content (AvgIpc) is 2.82. The van der Waals surface area contributed by atoms with Gasteiger partial charge in [0.05, 0.1) is 19.1 Å². The molecule has 4 atom stereocenters. The van der Waals surface area contributed by atoms with Gasteiger partial charge in [-0.3, -0.25) is 4.79 Å². The van der Waals surface area contributed by atoms with Crippen molar-refractivity contribution in [3.63, 3.8) is 0 Å². The smallest absolute Gasteiger partial charge is 0.326 e. The molecule has 0 saturated carbocycles. The van der Waals surface area contributed by atoms with Crippen LogP contribution in [0, 0.1) is 11.8 Å². The van der Waals surface area contributed by atoms with E-state index in [0.29, 0.717) is 19.6 Å². The van der Waals surface area contributed by atoms with Crippen LogP contribution in [0.15, 0.2) is 0 Å². The Labute approximate surface area is 107 Å². The van der Waals surface area contributed by atoms with E-state index in [1.165, 1.54) is 0 Å². The van der Waals surface area contributed by atoms with Crippen LogP contribution in [-0.4, -0.2) is 49.3 Å². The quantitative estimate of drug-likeness (QED) is 0.616. The summed E-state index contributed by atoms with van der Waals surface area (Å²) in [4.78, 5) is 23.2. The maximum absolute atomic E-state index is 12.1. The summed E-state index contributed by atoms with van der Waals surface area (Å²) in [6.45, 7) is 4.54. The zero-order chi connectivity index (χ0) is 13.7. The van der Waals surface area contributed by atoms with Crippen molar-refractivity contribution in [2.45, 2.75) is 32.4 Å². The molecule has 1 aliphatic heterocycles. The monoisotopic (exact) mass is 258 g/mol. The maximum atomic E-state index is 12.1. The summed E-state index contributed by atoms with van der Waals surface area (Å²) < 4.78 is 5.24. The Bertz CT molecular complexity index is 308. The van der Waals surface area contributed by atoms with Gasteiger partial charge in [0.1, 0.15) is 6.04 Å². The third kappa shape index (κ3) is 3.43. The molecular formula is C12H22N2O4. The lowest BCUT2D eigenvalue weighted by atomic mass is 9.97. The number of amides is 1. The molecule has 1 saturated heterocycles. The van der Waals surface area contributed by atoms with Crippen LogP contribution in [0.4, 0.5) is 0 Å². The highest BCUT2D eigenvalue weighted by Crippen LogP contribution is 2.15. The molecule has 6 heteroatoms. The second-order valence-corrected chi connectivity index (χ2v) is 4.75. The van der Waals surface area contributed by atoms with E-state index < -0.39 is 12.0 Å². The summed E-state index contributed by atoms with van der Waals surface area (Å²) in [7, 11) is 1.77. The van der Waals surface area contributed by atoms with E-state index in [2.05, 4.69) is 10.6 Å². The molecular weight excluding hydrogens is 236 g/mol. The van der Waals surface area contributed by atoms with E-state index in [4.69, 9.17) is 9.84 Å². The normalized spacial score (nSPS) is 26.6. The first-order valence-corrected chi connectivity index (χ1v) is 6.29. The van der Waals surface area contributed by atoms with E-state index in [1.54, 1.807) is 7.05 Å². The Hall–Kier alpha value is -1.14. The second-order valence-electron chi connectivity index (χ2n) is 4.75. The molecule has 0 radical (unpaired) electrons. The molecule has 1 amide bonds. The van der Waals surface area contributed by atoms with Crippen molar-refractivity contribution < 1.29 is 19.4 Å². The minimum Gasteiger partial charge on any atom is -0.480 e. The lowest BCUT2D eigenvalue weighted by molar-refractivity contribution is -0.144. The number of hydrogen-bond donors (Lipinski definition) is 3. The summed E-state index contributed by atoms with van der Waals surface area (Å²) in [5.74, 6) is -1.65. The SMILES string of the molecule is CCC(C)[C@H](NC(=O)C1COCC1NC)C(=O)O. The van der Waals surface area contributed by atoms with Gasteiger partial charge in [-0.2, -0.15) is 0 Å². The zero-order valence-corrected chi connectivity index (χ0v) is 11.1. The summed E-state index contributed by atoms with van der Waals surface area (Å²) >= 11 is 0. The average molecular weight is 258 g/mol. The van der Waals surface area contributed by atoms with Crippen LogP contribution in [0.3, 0.4) is 0 Å². The Morgan fingerprint density at radius 2 is 2.11 bits per heavy atom. The lowest BCUT2D eigenvalue weighted by Crippen LogP contribution is -2.50. The minimum absolute atomic E-state index is 0.0450. The van der Waals surface area contributed by atoms with Crippen LogP contribution in [0.5, 0.6) is 0 Å². The third-order valence-electron chi connectivity index (χ3n) is 3.56. The third-order valence-corrected chi connectivity index (χ3v) is 3.56. The molecule has 1 aliphatic rings. The molecule has 1 rings (SSSR count). The zero-order valence-electron chi connectivity index (χ0n) is 11.1. The van der Waals surface area contributed by atoms with Crippen molar-refractivity contribution in [1.29, 1.82) is 0 Å². The molecule has 0 aromatic heterocycles. The van der Waals surface area contributed by atoms with Crippen molar-refractivity contribution in [1.82, 2.24) is 10.6 Å². The van der Waals surface area contributed by atoms with Gasteiger partial charge in [0.2, 0.25) is 5.91 Å². The predicted octanol–water partition coefficient (Wildman–Crippen LogP) is -0.164. The van der Waals surface area contributed by atoms with Crippen LogP contribution in [-0.2, 0) is 14.3 Å². The first-order valence-electron chi connectivity index (χ1n) is 6.29. The number of rotatable bonds is 6. The molecule has 0 bridgehead atoms.